The van der Waals surface area contributed by atoms with Crippen LogP contribution >= 0.6 is 15.9 Å². The average molecular weight is 542 g/mol. The van der Waals surface area contributed by atoms with Crippen molar-refractivity contribution in [2.24, 2.45) is 0 Å². The van der Waals surface area contributed by atoms with Crippen molar-refractivity contribution in [3.63, 3.8) is 0 Å². The molecule has 1 aliphatic heterocycles. The third kappa shape index (κ3) is 5.34. The molecule has 1 aromatic heterocycles. The van der Waals surface area contributed by atoms with E-state index in [1.54, 1.807) is 6.07 Å². The van der Waals surface area contributed by atoms with Crippen LogP contribution in [-0.2, 0) is 0 Å². The van der Waals surface area contributed by atoms with E-state index in [0.29, 0.717) is 16.8 Å². The molecule has 0 aliphatic carbocycles. The van der Waals surface area contributed by atoms with E-state index in [4.69, 9.17) is 4.98 Å². The third-order valence-corrected chi connectivity index (χ3v) is 7.14. The van der Waals surface area contributed by atoms with Gasteiger partial charge in [-0.15, -0.1) is 0 Å². The van der Waals surface area contributed by atoms with E-state index in [0.717, 1.165) is 58.1 Å². The van der Waals surface area contributed by atoms with E-state index in [1.807, 2.05) is 78.6 Å². The molecule has 1 N–H and O–H groups in total. The molecule has 1 aliphatic rings. The van der Waals surface area contributed by atoms with Crippen LogP contribution in [0.5, 0.6) is 0 Å². The van der Waals surface area contributed by atoms with Crippen molar-refractivity contribution in [1.29, 1.82) is 0 Å². The van der Waals surface area contributed by atoms with E-state index in [2.05, 4.69) is 21.2 Å². The molecule has 6 heteroatoms. The maximum Gasteiger partial charge on any atom is 0.256 e. The Bertz CT molecular complexity index is 1420. The Morgan fingerprint density at radius 2 is 1.64 bits per heavy atom. The van der Waals surface area contributed by atoms with Crippen molar-refractivity contribution < 1.29 is 9.59 Å². The molecule has 0 unspecified atom stereocenters. The molecule has 0 atom stereocenters. The van der Waals surface area contributed by atoms with Gasteiger partial charge in [0.05, 0.1) is 16.8 Å². The standard InChI is InChI=1S/C30H28BrN3O2/c1-20-9-14-27-25(17-20)26(19-28(33-27)21-10-12-23(31)13-11-21)29(35)32-24-8-6-7-22(18-24)30(36)34-15-4-2-3-5-16-34/h6-14,17-19H,2-5,15-16H2,1H3,(H,32,35). The fraction of sp³-hybridized carbons (Fsp3) is 0.233. The van der Waals surface area contributed by atoms with Crippen LogP contribution in [0.4, 0.5) is 5.69 Å². The van der Waals surface area contributed by atoms with Crippen LogP contribution in [0.1, 0.15) is 52.0 Å². The minimum absolute atomic E-state index is 0.0236. The van der Waals surface area contributed by atoms with Gasteiger partial charge in [-0.05, 0) is 68.3 Å². The zero-order chi connectivity index (χ0) is 25.1. The SMILES string of the molecule is Cc1ccc2nc(-c3ccc(Br)cc3)cc(C(=O)Nc3cccc(C(=O)N4CCCCCC4)c3)c2c1. The van der Waals surface area contributed by atoms with Gasteiger partial charge in [-0.3, -0.25) is 9.59 Å². The van der Waals surface area contributed by atoms with E-state index in [9.17, 15) is 9.59 Å². The van der Waals surface area contributed by atoms with E-state index >= 15 is 0 Å². The number of hydrogen-bond donors (Lipinski definition) is 1. The number of nitrogens with one attached hydrogen (secondary N) is 1. The van der Waals surface area contributed by atoms with Gasteiger partial charge in [-0.2, -0.15) is 0 Å². The lowest BCUT2D eigenvalue weighted by Gasteiger charge is -2.20. The highest BCUT2D eigenvalue weighted by Crippen LogP contribution is 2.28. The van der Waals surface area contributed by atoms with Crippen LogP contribution in [0.3, 0.4) is 0 Å². The van der Waals surface area contributed by atoms with Gasteiger partial charge in [-0.1, -0.05) is 58.6 Å². The molecule has 5 nitrogen and oxygen atoms in total. The summed E-state index contributed by atoms with van der Waals surface area (Å²) in [7, 11) is 0. The Hall–Kier alpha value is -3.51. The van der Waals surface area contributed by atoms with Crippen LogP contribution in [-0.4, -0.2) is 34.8 Å². The van der Waals surface area contributed by atoms with E-state index in [-0.39, 0.29) is 11.8 Å². The molecule has 1 saturated heterocycles. The topological polar surface area (TPSA) is 62.3 Å². The lowest BCUT2D eigenvalue weighted by molar-refractivity contribution is 0.0761. The molecule has 4 aromatic rings. The van der Waals surface area contributed by atoms with Crippen LogP contribution in [0.15, 0.2) is 77.3 Å². The summed E-state index contributed by atoms with van der Waals surface area (Å²) in [5.41, 5.74) is 5.22. The molecule has 0 saturated carbocycles. The Balaban J connectivity index is 1.46. The van der Waals surface area contributed by atoms with Gasteiger partial charge in [-0.25, -0.2) is 4.98 Å². The minimum atomic E-state index is -0.231. The normalized spacial score (nSPS) is 13.9. The number of carbonyl (C=O) groups excluding carboxylic acids is 2. The fourth-order valence-electron chi connectivity index (χ4n) is 4.68. The maximum atomic E-state index is 13.6. The minimum Gasteiger partial charge on any atom is -0.339 e. The lowest BCUT2D eigenvalue weighted by Crippen LogP contribution is -2.31. The Kier molecular flexibility index (Phi) is 7.14. The van der Waals surface area contributed by atoms with Crippen molar-refractivity contribution in [1.82, 2.24) is 9.88 Å². The van der Waals surface area contributed by atoms with Gasteiger partial charge in [0, 0.05) is 39.8 Å². The van der Waals surface area contributed by atoms with E-state index < -0.39 is 0 Å². The Morgan fingerprint density at radius 1 is 0.889 bits per heavy atom. The predicted molar refractivity (Wildman–Crippen MR) is 148 cm³/mol. The van der Waals surface area contributed by atoms with Crippen LogP contribution < -0.4 is 5.32 Å². The number of aryl methyl sites for hydroxylation is 1. The number of nitrogens with zero attached hydrogens (tertiary/aromatic N) is 2. The second-order valence-electron chi connectivity index (χ2n) is 9.32. The van der Waals surface area contributed by atoms with Gasteiger partial charge in [0.2, 0.25) is 0 Å². The number of likely N-dealkylation sites (tertiary alicyclic amines) is 1. The zero-order valence-corrected chi connectivity index (χ0v) is 21.8. The number of carbonyl (C=O) groups is 2. The van der Waals surface area contributed by atoms with Gasteiger partial charge in [0.25, 0.3) is 11.8 Å². The molecule has 3 aromatic carbocycles. The molecule has 5 rings (SSSR count). The molecule has 182 valence electrons. The summed E-state index contributed by atoms with van der Waals surface area (Å²) in [4.78, 5) is 33.4. The zero-order valence-electron chi connectivity index (χ0n) is 20.3. The fourth-order valence-corrected chi connectivity index (χ4v) is 4.95. The molecule has 36 heavy (non-hydrogen) atoms. The van der Waals surface area contributed by atoms with Crippen LogP contribution in [0.2, 0.25) is 0 Å². The highest BCUT2D eigenvalue weighted by atomic mass is 79.9. The first-order valence-electron chi connectivity index (χ1n) is 12.4. The van der Waals surface area contributed by atoms with Crippen LogP contribution in [0.25, 0.3) is 22.2 Å². The third-order valence-electron chi connectivity index (χ3n) is 6.61. The highest BCUT2D eigenvalue weighted by molar-refractivity contribution is 9.10. The summed E-state index contributed by atoms with van der Waals surface area (Å²) in [6.07, 6.45) is 4.41. The largest absolute Gasteiger partial charge is 0.339 e. The molecule has 0 bridgehead atoms. The molecule has 2 heterocycles. The Morgan fingerprint density at radius 3 is 2.39 bits per heavy atom. The summed E-state index contributed by atoms with van der Waals surface area (Å²) in [6, 6.07) is 22.9. The molecule has 1 fully saturated rings. The second-order valence-corrected chi connectivity index (χ2v) is 10.2. The van der Waals surface area contributed by atoms with E-state index in [1.165, 1.54) is 12.8 Å². The number of fused-ring (bicyclic) bond motifs is 1. The average Bonchev–Trinajstić information content (AvgIpc) is 3.18. The summed E-state index contributed by atoms with van der Waals surface area (Å²) < 4.78 is 0.982. The van der Waals surface area contributed by atoms with Crippen LogP contribution in [0, 0.1) is 6.92 Å². The number of amides is 2. The van der Waals surface area contributed by atoms with Gasteiger partial charge >= 0.3 is 0 Å². The quantitative estimate of drug-likeness (QED) is 0.296. The molecule has 0 radical (unpaired) electrons. The van der Waals surface area contributed by atoms with Gasteiger partial charge < -0.3 is 10.2 Å². The lowest BCUT2D eigenvalue weighted by atomic mass is 10.0. The van der Waals surface area contributed by atoms with Crippen molar-refractivity contribution in [3.8, 4) is 11.3 Å². The number of halogens is 1. The maximum absolute atomic E-state index is 13.6. The summed E-state index contributed by atoms with van der Waals surface area (Å²) in [5.74, 6) is -0.207. The summed E-state index contributed by atoms with van der Waals surface area (Å²) >= 11 is 3.47. The molecule has 2 amide bonds. The summed E-state index contributed by atoms with van der Waals surface area (Å²) in [6.45, 7) is 3.58. The number of anilines is 1. The van der Waals surface area contributed by atoms with Crippen molar-refractivity contribution in [2.45, 2.75) is 32.6 Å². The van der Waals surface area contributed by atoms with Gasteiger partial charge in [0.1, 0.15) is 0 Å². The molecular formula is C30H28BrN3O2. The van der Waals surface area contributed by atoms with Gasteiger partial charge in [0.15, 0.2) is 0 Å². The smallest absolute Gasteiger partial charge is 0.256 e. The van der Waals surface area contributed by atoms with Crippen molar-refractivity contribution >= 4 is 44.3 Å². The first-order chi connectivity index (χ1) is 17.5. The summed E-state index contributed by atoms with van der Waals surface area (Å²) in [5, 5.41) is 3.82. The second kappa shape index (κ2) is 10.6. The number of hydrogen-bond acceptors (Lipinski definition) is 3. The molecular weight excluding hydrogens is 514 g/mol. The number of aromatic nitrogens is 1. The Labute approximate surface area is 219 Å². The first kappa shape index (κ1) is 24.2. The first-order valence-corrected chi connectivity index (χ1v) is 13.2. The predicted octanol–water partition coefficient (Wildman–Crippen LogP) is 7.24. The number of rotatable bonds is 4. The highest BCUT2D eigenvalue weighted by Gasteiger charge is 2.19. The number of pyridine rings is 1. The van der Waals surface area contributed by atoms with Crippen molar-refractivity contribution in [3.05, 3.63) is 94.0 Å². The monoisotopic (exact) mass is 541 g/mol. The molecule has 0 spiro atoms. The number of benzene rings is 3. The van der Waals surface area contributed by atoms with Crippen molar-refractivity contribution in [2.75, 3.05) is 18.4 Å².